The second-order valence-corrected chi connectivity index (χ2v) is 8.64. The van der Waals surface area contributed by atoms with Crippen LogP contribution in [-0.4, -0.2) is 30.5 Å². The van der Waals surface area contributed by atoms with Crippen molar-refractivity contribution in [2.45, 2.75) is 65.0 Å². The Morgan fingerprint density at radius 2 is 2.00 bits per heavy atom. The molecule has 1 aromatic carbocycles. The number of ether oxygens (including phenoxy) is 1. The quantitative estimate of drug-likeness (QED) is 0.719. The minimum absolute atomic E-state index is 0.0592. The number of para-hydroxylation sites is 1. The highest BCUT2D eigenvalue weighted by Gasteiger charge is 2.48. The summed E-state index contributed by atoms with van der Waals surface area (Å²) in [5, 5.41) is 0. The van der Waals surface area contributed by atoms with Gasteiger partial charge in [-0.15, -0.1) is 0 Å². The smallest absolute Gasteiger partial charge is 0.309 e. The summed E-state index contributed by atoms with van der Waals surface area (Å²) in [6, 6.07) is 10.1. The van der Waals surface area contributed by atoms with E-state index in [0.717, 1.165) is 24.4 Å². The van der Waals surface area contributed by atoms with Gasteiger partial charge in [0.2, 0.25) is 0 Å². The lowest BCUT2D eigenvalue weighted by Gasteiger charge is -2.36. The molecule has 0 aromatic heterocycles. The van der Waals surface area contributed by atoms with Crippen LogP contribution in [0.2, 0.25) is 0 Å². The van der Waals surface area contributed by atoms with Gasteiger partial charge in [-0.25, -0.2) is 0 Å². The van der Waals surface area contributed by atoms with E-state index in [4.69, 9.17) is 4.74 Å². The Labute approximate surface area is 157 Å². The van der Waals surface area contributed by atoms with Crippen LogP contribution in [0.4, 0.5) is 5.69 Å². The molecule has 0 N–H and O–H groups in total. The van der Waals surface area contributed by atoms with Crippen LogP contribution < -0.4 is 4.90 Å². The van der Waals surface area contributed by atoms with E-state index < -0.39 is 5.54 Å². The standard InChI is InChI=1S/C22H32N2O2/c1-15(2)18-12-11-16(3)13-19(18)26-20(25)14-22(4)21(23-22)24(5)17-9-7-6-8-10-17/h6-10,15-16,18-19H,11-14H2,1-5H3. The van der Waals surface area contributed by atoms with Crippen LogP contribution in [-0.2, 0) is 9.53 Å². The molecule has 4 heteroatoms. The van der Waals surface area contributed by atoms with Gasteiger partial charge < -0.3 is 9.64 Å². The maximum Gasteiger partial charge on any atom is 0.309 e. The van der Waals surface area contributed by atoms with Gasteiger partial charge in [0, 0.05) is 12.7 Å². The molecule has 0 radical (unpaired) electrons. The molecule has 0 bridgehead atoms. The summed E-state index contributed by atoms with van der Waals surface area (Å²) in [4.78, 5) is 19.3. The third kappa shape index (κ3) is 4.11. The first-order valence-electron chi connectivity index (χ1n) is 9.89. The highest BCUT2D eigenvalue weighted by molar-refractivity contribution is 6.14. The fourth-order valence-corrected chi connectivity index (χ4v) is 4.28. The minimum atomic E-state index is -0.421. The number of esters is 1. The monoisotopic (exact) mass is 356 g/mol. The molecular formula is C22H32N2O2. The van der Waals surface area contributed by atoms with Gasteiger partial charge in [0.1, 0.15) is 17.5 Å². The van der Waals surface area contributed by atoms with Gasteiger partial charge in [0.15, 0.2) is 0 Å². The summed E-state index contributed by atoms with van der Waals surface area (Å²) in [6.07, 6.45) is 3.78. The number of carbonyl (C=O) groups excluding carboxylic acids is 1. The zero-order valence-electron chi connectivity index (χ0n) is 16.7. The molecule has 1 aliphatic heterocycles. The Hall–Kier alpha value is -1.84. The summed E-state index contributed by atoms with van der Waals surface area (Å²) in [7, 11) is 2.00. The first kappa shape index (κ1) is 18.9. The normalized spacial score (nSPS) is 30.7. The first-order chi connectivity index (χ1) is 12.3. The van der Waals surface area contributed by atoms with Crippen LogP contribution in [0.5, 0.6) is 0 Å². The summed E-state index contributed by atoms with van der Waals surface area (Å²) in [6.45, 7) is 8.75. The number of benzene rings is 1. The summed E-state index contributed by atoms with van der Waals surface area (Å²) in [5.41, 5.74) is 0.666. The van der Waals surface area contributed by atoms with E-state index in [0.29, 0.717) is 24.2 Å². The number of amidine groups is 1. The number of carbonyl (C=O) groups is 1. The number of rotatable bonds is 5. The molecule has 4 unspecified atom stereocenters. The van der Waals surface area contributed by atoms with E-state index in [-0.39, 0.29) is 12.1 Å². The van der Waals surface area contributed by atoms with Crippen molar-refractivity contribution in [3.05, 3.63) is 30.3 Å². The van der Waals surface area contributed by atoms with Crippen LogP contribution in [0.3, 0.4) is 0 Å². The molecule has 4 nitrogen and oxygen atoms in total. The fourth-order valence-electron chi connectivity index (χ4n) is 4.28. The molecule has 1 aliphatic carbocycles. The minimum Gasteiger partial charge on any atom is -0.462 e. The second kappa shape index (κ2) is 7.42. The van der Waals surface area contributed by atoms with E-state index in [1.165, 1.54) is 6.42 Å². The highest BCUT2D eigenvalue weighted by Crippen LogP contribution is 2.38. The van der Waals surface area contributed by atoms with Gasteiger partial charge in [-0.1, -0.05) is 45.4 Å². The van der Waals surface area contributed by atoms with Crippen molar-refractivity contribution in [1.29, 1.82) is 0 Å². The molecule has 1 aromatic rings. The lowest BCUT2D eigenvalue weighted by atomic mass is 9.75. The zero-order valence-corrected chi connectivity index (χ0v) is 16.7. The molecule has 26 heavy (non-hydrogen) atoms. The maximum absolute atomic E-state index is 12.6. The molecule has 0 saturated heterocycles. The molecule has 0 amide bonds. The highest BCUT2D eigenvalue weighted by atomic mass is 16.5. The lowest BCUT2D eigenvalue weighted by Crippen LogP contribution is -2.37. The van der Waals surface area contributed by atoms with Crippen molar-refractivity contribution >= 4 is 17.5 Å². The molecule has 142 valence electrons. The summed E-state index contributed by atoms with van der Waals surface area (Å²) in [5.74, 6) is 2.51. The molecule has 4 atom stereocenters. The second-order valence-electron chi connectivity index (χ2n) is 8.64. The largest absolute Gasteiger partial charge is 0.462 e. The molecule has 1 saturated carbocycles. The lowest BCUT2D eigenvalue weighted by molar-refractivity contribution is -0.156. The predicted molar refractivity (Wildman–Crippen MR) is 107 cm³/mol. The van der Waals surface area contributed by atoms with E-state index in [1.54, 1.807) is 0 Å². The van der Waals surface area contributed by atoms with Gasteiger partial charge in [-0.05, 0) is 49.7 Å². The van der Waals surface area contributed by atoms with Crippen LogP contribution in [0.15, 0.2) is 35.3 Å². The number of aliphatic imine (C=N–C) groups is 1. The Morgan fingerprint density at radius 1 is 1.31 bits per heavy atom. The van der Waals surface area contributed by atoms with Crippen LogP contribution in [0.1, 0.15) is 53.4 Å². The molecule has 1 fully saturated rings. The van der Waals surface area contributed by atoms with Crippen molar-refractivity contribution < 1.29 is 9.53 Å². The van der Waals surface area contributed by atoms with Crippen molar-refractivity contribution in [2.24, 2.45) is 22.7 Å². The Bertz CT molecular complexity index is 670. The molecule has 2 aliphatic rings. The van der Waals surface area contributed by atoms with Gasteiger partial charge >= 0.3 is 5.97 Å². The van der Waals surface area contributed by atoms with Gasteiger partial charge in [-0.2, -0.15) is 0 Å². The predicted octanol–water partition coefficient (Wildman–Crippen LogP) is 4.69. The number of likely N-dealkylation sites (N-methyl/N-ethyl adjacent to an activating group) is 1. The third-order valence-corrected chi connectivity index (χ3v) is 5.98. The van der Waals surface area contributed by atoms with E-state index >= 15 is 0 Å². The molecule has 1 heterocycles. The van der Waals surface area contributed by atoms with Gasteiger partial charge in [-0.3, -0.25) is 9.79 Å². The zero-order chi connectivity index (χ0) is 18.9. The van der Waals surface area contributed by atoms with Crippen molar-refractivity contribution in [2.75, 3.05) is 11.9 Å². The number of nitrogens with zero attached hydrogens (tertiary/aromatic N) is 2. The molecule has 0 spiro atoms. The third-order valence-electron chi connectivity index (χ3n) is 5.98. The van der Waals surface area contributed by atoms with Crippen LogP contribution in [0.25, 0.3) is 0 Å². The fraction of sp³-hybridized carbons (Fsp3) is 0.636. The average molecular weight is 357 g/mol. The maximum atomic E-state index is 12.6. The van der Waals surface area contributed by atoms with E-state index in [2.05, 4.69) is 42.8 Å². The summed E-state index contributed by atoms with van der Waals surface area (Å²) < 4.78 is 5.95. The summed E-state index contributed by atoms with van der Waals surface area (Å²) >= 11 is 0. The van der Waals surface area contributed by atoms with E-state index in [9.17, 15) is 4.79 Å². The molecule has 3 rings (SSSR count). The SMILES string of the molecule is CC1CCC(C(C)C)C(OC(=O)CC2(C)N=C2N(C)c2ccccc2)C1. The van der Waals surface area contributed by atoms with E-state index in [1.807, 2.05) is 32.2 Å². The molecular weight excluding hydrogens is 324 g/mol. The van der Waals surface area contributed by atoms with Crippen molar-refractivity contribution in [3.8, 4) is 0 Å². The van der Waals surface area contributed by atoms with Crippen molar-refractivity contribution in [3.63, 3.8) is 0 Å². The van der Waals surface area contributed by atoms with Crippen LogP contribution >= 0.6 is 0 Å². The van der Waals surface area contributed by atoms with Gasteiger partial charge in [0.05, 0.1) is 6.42 Å². The Balaban J connectivity index is 1.57. The average Bonchev–Trinajstić information content (AvgIpc) is 3.25. The van der Waals surface area contributed by atoms with Gasteiger partial charge in [0.25, 0.3) is 0 Å². The topological polar surface area (TPSA) is 41.9 Å². The Morgan fingerprint density at radius 3 is 2.65 bits per heavy atom. The van der Waals surface area contributed by atoms with Crippen LogP contribution in [0, 0.1) is 17.8 Å². The number of hydrogen-bond acceptors (Lipinski definition) is 4. The first-order valence-corrected chi connectivity index (χ1v) is 9.89. The number of anilines is 1. The Kier molecular flexibility index (Phi) is 5.40. The number of hydrogen-bond donors (Lipinski definition) is 0. The van der Waals surface area contributed by atoms with Crippen molar-refractivity contribution in [1.82, 2.24) is 0 Å².